The van der Waals surface area contributed by atoms with Crippen molar-refractivity contribution in [2.24, 2.45) is 4.99 Å². The Morgan fingerprint density at radius 2 is 1.91 bits per heavy atom. The third-order valence-electron chi connectivity index (χ3n) is 4.12. The molecule has 0 aromatic rings. The Bertz CT molecular complexity index is 420. The van der Waals surface area contributed by atoms with Crippen molar-refractivity contribution in [1.29, 1.82) is 0 Å². The average Bonchev–Trinajstić information content (AvgIpc) is 2.41. The highest BCUT2D eigenvalue weighted by Gasteiger charge is 2.29. The SMILES string of the molecule is CC1CCCC(C)N1NC1=NCCN(C(=O)OC(C)(C)C)C1. The molecule has 126 valence electrons. The van der Waals surface area contributed by atoms with Crippen LogP contribution in [0.1, 0.15) is 53.9 Å². The van der Waals surface area contributed by atoms with E-state index in [0.29, 0.717) is 31.7 Å². The number of amides is 1. The molecule has 1 N–H and O–H groups in total. The number of nitrogens with one attached hydrogen (secondary N) is 1. The topological polar surface area (TPSA) is 57.2 Å². The van der Waals surface area contributed by atoms with E-state index < -0.39 is 5.60 Å². The maximum atomic E-state index is 12.2. The van der Waals surface area contributed by atoms with Gasteiger partial charge >= 0.3 is 6.09 Å². The molecule has 2 aliphatic rings. The van der Waals surface area contributed by atoms with Gasteiger partial charge in [-0.3, -0.25) is 9.89 Å². The molecule has 0 saturated carbocycles. The highest BCUT2D eigenvalue weighted by Crippen LogP contribution is 2.20. The monoisotopic (exact) mass is 310 g/mol. The minimum absolute atomic E-state index is 0.263. The van der Waals surface area contributed by atoms with Crippen molar-refractivity contribution >= 4 is 11.9 Å². The van der Waals surface area contributed by atoms with E-state index in [4.69, 9.17) is 4.74 Å². The Labute approximate surface area is 133 Å². The molecule has 1 amide bonds. The Morgan fingerprint density at radius 3 is 2.50 bits per heavy atom. The molecular weight excluding hydrogens is 280 g/mol. The van der Waals surface area contributed by atoms with Gasteiger partial charge in [0, 0.05) is 18.6 Å². The summed E-state index contributed by atoms with van der Waals surface area (Å²) in [6.45, 7) is 11.9. The van der Waals surface area contributed by atoms with Gasteiger partial charge in [0.25, 0.3) is 0 Å². The summed E-state index contributed by atoms with van der Waals surface area (Å²) in [5, 5.41) is 2.28. The lowest BCUT2D eigenvalue weighted by atomic mass is 10.00. The smallest absolute Gasteiger partial charge is 0.410 e. The Morgan fingerprint density at radius 1 is 1.27 bits per heavy atom. The number of carbonyl (C=O) groups is 1. The van der Waals surface area contributed by atoms with Crippen molar-refractivity contribution in [3.05, 3.63) is 0 Å². The normalized spacial score (nSPS) is 27.3. The van der Waals surface area contributed by atoms with Gasteiger partial charge in [0.1, 0.15) is 11.4 Å². The van der Waals surface area contributed by atoms with Crippen molar-refractivity contribution in [3.63, 3.8) is 0 Å². The van der Waals surface area contributed by atoms with Crippen molar-refractivity contribution in [1.82, 2.24) is 15.3 Å². The second-order valence-electron chi connectivity index (χ2n) is 7.38. The molecule has 2 unspecified atom stereocenters. The molecule has 2 rings (SSSR count). The first kappa shape index (κ1) is 17.1. The summed E-state index contributed by atoms with van der Waals surface area (Å²) in [5.74, 6) is 0.859. The third kappa shape index (κ3) is 4.60. The van der Waals surface area contributed by atoms with Gasteiger partial charge in [0.2, 0.25) is 0 Å². The van der Waals surface area contributed by atoms with E-state index in [9.17, 15) is 4.79 Å². The number of hydrogen-bond donors (Lipinski definition) is 1. The van der Waals surface area contributed by atoms with Crippen LogP contribution in [0.5, 0.6) is 0 Å². The lowest BCUT2D eigenvalue weighted by molar-refractivity contribution is 0.0264. The Balaban J connectivity index is 1.93. The number of ether oxygens (including phenoxy) is 1. The molecule has 22 heavy (non-hydrogen) atoms. The molecule has 0 spiro atoms. The zero-order chi connectivity index (χ0) is 16.3. The van der Waals surface area contributed by atoms with Crippen LogP contribution in [0, 0.1) is 0 Å². The number of carbonyl (C=O) groups excluding carboxylic acids is 1. The first-order valence-corrected chi connectivity index (χ1v) is 8.32. The van der Waals surface area contributed by atoms with Crippen LogP contribution >= 0.6 is 0 Å². The van der Waals surface area contributed by atoms with Crippen LogP contribution in [0.15, 0.2) is 4.99 Å². The van der Waals surface area contributed by atoms with Gasteiger partial charge in [-0.25, -0.2) is 9.80 Å². The zero-order valence-electron chi connectivity index (χ0n) is 14.6. The number of hydrogen-bond acceptors (Lipinski definition) is 5. The van der Waals surface area contributed by atoms with Gasteiger partial charge in [-0.1, -0.05) is 6.42 Å². The number of rotatable bonds is 1. The van der Waals surface area contributed by atoms with E-state index in [1.807, 2.05) is 20.8 Å². The van der Waals surface area contributed by atoms with E-state index in [2.05, 4.69) is 29.3 Å². The van der Waals surface area contributed by atoms with E-state index in [0.717, 1.165) is 5.84 Å². The first-order chi connectivity index (χ1) is 10.3. The average molecular weight is 310 g/mol. The molecule has 2 atom stereocenters. The fraction of sp³-hybridized carbons (Fsp3) is 0.875. The Hall–Kier alpha value is -1.30. The lowest BCUT2D eigenvalue weighted by Gasteiger charge is -2.40. The van der Waals surface area contributed by atoms with Crippen molar-refractivity contribution in [2.75, 3.05) is 19.6 Å². The summed E-state index contributed by atoms with van der Waals surface area (Å²) in [7, 11) is 0. The molecule has 6 heteroatoms. The molecule has 0 bridgehead atoms. The van der Waals surface area contributed by atoms with E-state index >= 15 is 0 Å². The summed E-state index contributed by atoms with van der Waals surface area (Å²) < 4.78 is 5.45. The number of amidine groups is 1. The maximum Gasteiger partial charge on any atom is 0.410 e. The molecular formula is C16H30N4O2. The second kappa shape index (κ2) is 6.86. The number of aliphatic imine (C=N–C) groups is 1. The summed E-state index contributed by atoms with van der Waals surface area (Å²) in [6.07, 6.45) is 3.40. The van der Waals surface area contributed by atoms with E-state index in [1.165, 1.54) is 19.3 Å². The lowest BCUT2D eigenvalue weighted by Crippen LogP contribution is -2.57. The van der Waals surface area contributed by atoms with Gasteiger partial charge in [-0.2, -0.15) is 0 Å². The Kier molecular flexibility index (Phi) is 5.32. The highest BCUT2D eigenvalue weighted by atomic mass is 16.6. The molecule has 2 aliphatic heterocycles. The fourth-order valence-corrected chi connectivity index (χ4v) is 2.96. The van der Waals surface area contributed by atoms with E-state index in [-0.39, 0.29) is 6.09 Å². The second-order valence-corrected chi connectivity index (χ2v) is 7.38. The minimum Gasteiger partial charge on any atom is -0.444 e. The van der Waals surface area contributed by atoms with Gasteiger partial charge in [0.05, 0.1) is 13.1 Å². The van der Waals surface area contributed by atoms with Crippen LogP contribution in [0.4, 0.5) is 4.79 Å². The molecule has 0 aliphatic carbocycles. The number of nitrogens with zero attached hydrogens (tertiary/aromatic N) is 3. The predicted octanol–water partition coefficient (Wildman–Crippen LogP) is 2.40. The molecule has 1 saturated heterocycles. The summed E-state index contributed by atoms with van der Waals surface area (Å²) >= 11 is 0. The zero-order valence-corrected chi connectivity index (χ0v) is 14.6. The molecule has 6 nitrogen and oxygen atoms in total. The molecule has 0 aromatic carbocycles. The first-order valence-electron chi connectivity index (χ1n) is 8.32. The molecule has 0 aromatic heterocycles. The third-order valence-corrected chi connectivity index (χ3v) is 4.12. The fourth-order valence-electron chi connectivity index (χ4n) is 2.96. The van der Waals surface area contributed by atoms with Crippen molar-refractivity contribution in [2.45, 2.75) is 71.6 Å². The van der Waals surface area contributed by atoms with Crippen LogP contribution in [0.2, 0.25) is 0 Å². The highest BCUT2D eigenvalue weighted by molar-refractivity contribution is 5.87. The predicted molar refractivity (Wildman–Crippen MR) is 87.9 cm³/mol. The number of hydrazine groups is 1. The van der Waals surface area contributed by atoms with Crippen LogP contribution in [-0.2, 0) is 4.74 Å². The largest absolute Gasteiger partial charge is 0.444 e. The molecule has 2 heterocycles. The number of piperidine rings is 1. The van der Waals surface area contributed by atoms with Gasteiger partial charge < -0.3 is 10.2 Å². The minimum atomic E-state index is -0.463. The van der Waals surface area contributed by atoms with Gasteiger partial charge in [0.15, 0.2) is 0 Å². The van der Waals surface area contributed by atoms with E-state index in [1.54, 1.807) is 4.90 Å². The van der Waals surface area contributed by atoms with Gasteiger partial charge in [-0.05, 0) is 47.5 Å². The quantitative estimate of drug-likeness (QED) is 0.808. The molecule has 0 radical (unpaired) electrons. The van der Waals surface area contributed by atoms with Crippen LogP contribution < -0.4 is 5.43 Å². The van der Waals surface area contributed by atoms with Gasteiger partial charge in [-0.15, -0.1) is 0 Å². The van der Waals surface area contributed by atoms with Crippen molar-refractivity contribution in [3.8, 4) is 0 Å². The maximum absolute atomic E-state index is 12.2. The van der Waals surface area contributed by atoms with Crippen LogP contribution in [-0.4, -0.2) is 59.2 Å². The van der Waals surface area contributed by atoms with Crippen LogP contribution in [0.3, 0.4) is 0 Å². The van der Waals surface area contributed by atoms with Crippen molar-refractivity contribution < 1.29 is 9.53 Å². The standard InChI is InChI=1S/C16H30N4O2/c1-12-7-6-8-13(2)20(12)18-14-11-19(10-9-17-14)15(21)22-16(3,4)5/h12-13H,6-11H2,1-5H3,(H,17,18). The van der Waals surface area contributed by atoms with Crippen LogP contribution in [0.25, 0.3) is 0 Å². The summed E-state index contributed by atoms with van der Waals surface area (Å²) in [5.41, 5.74) is 2.98. The summed E-state index contributed by atoms with van der Waals surface area (Å²) in [4.78, 5) is 18.4. The molecule has 1 fully saturated rings. The summed E-state index contributed by atoms with van der Waals surface area (Å²) in [6, 6.07) is 0.978.